The zero-order valence-electron chi connectivity index (χ0n) is 11.3. The zero-order valence-corrected chi connectivity index (χ0v) is 11.3. The first-order chi connectivity index (χ1) is 9.33. The van der Waals surface area contributed by atoms with Gasteiger partial charge in [0, 0.05) is 37.8 Å². The summed E-state index contributed by atoms with van der Waals surface area (Å²) in [7, 11) is 2.19. The summed E-state index contributed by atoms with van der Waals surface area (Å²) in [5.41, 5.74) is 2.74. The van der Waals surface area contributed by atoms with Crippen molar-refractivity contribution in [3.8, 4) is 11.5 Å². The molecular formula is C15H20N2O2. The summed E-state index contributed by atoms with van der Waals surface area (Å²) in [6.45, 7) is 4.70. The predicted octanol–water partition coefficient (Wildman–Crippen LogP) is 1.60. The molecule has 1 aromatic carbocycles. The predicted molar refractivity (Wildman–Crippen MR) is 74.4 cm³/mol. The SMILES string of the molecule is CN1CC2CCNCC2c2cc3c(cc21)OCCO3. The number of nitrogens with one attached hydrogen (secondary N) is 1. The van der Waals surface area contributed by atoms with E-state index < -0.39 is 0 Å². The van der Waals surface area contributed by atoms with Crippen molar-refractivity contribution in [3.05, 3.63) is 17.7 Å². The molecule has 0 spiro atoms. The lowest BCUT2D eigenvalue weighted by molar-refractivity contribution is 0.171. The molecule has 0 bridgehead atoms. The lowest BCUT2D eigenvalue weighted by Crippen LogP contribution is -2.44. The Morgan fingerprint density at radius 3 is 2.84 bits per heavy atom. The maximum atomic E-state index is 5.74. The monoisotopic (exact) mass is 260 g/mol. The molecule has 0 aromatic heterocycles. The number of piperidine rings is 1. The summed E-state index contributed by atoms with van der Waals surface area (Å²) in [5, 5.41) is 3.53. The molecule has 3 aliphatic heterocycles. The molecule has 2 unspecified atom stereocenters. The van der Waals surface area contributed by atoms with E-state index in [1.165, 1.54) is 17.7 Å². The van der Waals surface area contributed by atoms with Crippen LogP contribution in [-0.4, -0.2) is 39.9 Å². The number of rotatable bonds is 0. The molecule has 102 valence electrons. The summed E-state index contributed by atoms with van der Waals surface area (Å²) in [6, 6.07) is 4.37. The first kappa shape index (κ1) is 11.4. The molecular weight excluding hydrogens is 240 g/mol. The van der Waals surface area contributed by atoms with Crippen LogP contribution in [0.15, 0.2) is 12.1 Å². The third-order valence-corrected chi connectivity index (χ3v) is 4.64. The van der Waals surface area contributed by atoms with E-state index in [4.69, 9.17) is 9.47 Å². The quantitative estimate of drug-likeness (QED) is 0.768. The maximum absolute atomic E-state index is 5.74. The van der Waals surface area contributed by atoms with Crippen molar-refractivity contribution in [1.29, 1.82) is 0 Å². The highest BCUT2D eigenvalue weighted by molar-refractivity contribution is 5.65. The molecule has 19 heavy (non-hydrogen) atoms. The summed E-state index contributed by atoms with van der Waals surface area (Å²) >= 11 is 0. The highest BCUT2D eigenvalue weighted by atomic mass is 16.6. The van der Waals surface area contributed by atoms with Gasteiger partial charge < -0.3 is 19.7 Å². The lowest BCUT2D eigenvalue weighted by Gasteiger charge is -2.42. The third kappa shape index (κ3) is 1.77. The molecule has 1 fully saturated rings. The molecule has 3 aliphatic rings. The Labute approximate surface area is 113 Å². The Bertz CT molecular complexity index is 503. The van der Waals surface area contributed by atoms with Crippen molar-refractivity contribution in [1.82, 2.24) is 5.32 Å². The van der Waals surface area contributed by atoms with E-state index in [0.717, 1.165) is 37.1 Å². The number of hydrogen-bond donors (Lipinski definition) is 1. The van der Waals surface area contributed by atoms with Gasteiger partial charge in [-0.15, -0.1) is 0 Å². The van der Waals surface area contributed by atoms with E-state index in [1.807, 2.05) is 0 Å². The molecule has 4 rings (SSSR count). The second-order valence-electron chi connectivity index (χ2n) is 5.79. The number of nitrogens with zero attached hydrogens (tertiary/aromatic N) is 1. The highest BCUT2D eigenvalue weighted by Gasteiger charge is 2.35. The van der Waals surface area contributed by atoms with Crippen molar-refractivity contribution in [2.45, 2.75) is 12.3 Å². The Morgan fingerprint density at radius 2 is 2.00 bits per heavy atom. The second-order valence-corrected chi connectivity index (χ2v) is 5.79. The van der Waals surface area contributed by atoms with Gasteiger partial charge in [-0.3, -0.25) is 0 Å². The lowest BCUT2D eigenvalue weighted by atomic mass is 9.77. The number of hydrogen-bond acceptors (Lipinski definition) is 4. The van der Waals surface area contributed by atoms with Crippen LogP contribution in [-0.2, 0) is 0 Å². The fraction of sp³-hybridized carbons (Fsp3) is 0.600. The smallest absolute Gasteiger partial charge is 0.163 e. The molecule has 0 aliphatic carbocycles. The molecule has 4 heteroatoms. The maximum Gasteiger partial charge on any atom is 0.163 e. The molecule has 3 heterocycles. The van der Waals surface area contributed by atoms with Crippen LogP contribution in [0.3, 0.4) is 0 Å². The zero-order chi connectivity index (χ0) is 12.8. The standard InChI is InChI=1S/C15H20N2O2/c1-17-9-10-2-3-16-8-12(10)11-6-14-15(7-13(11)17)19-5-4-18-14/h6-7,10,12,16H,2-5,8-9H2,1H3. The van der Waals surface area contributed by atoms with Gasteiger partial charge in [-0.1, -0.05) is 0 Å². The molecule has 2 atom stereocenters. The minimum Gasteiger partial charge on any atom is -0.486 e. The fourth-order valence-corrected chi connectivity index (χ4v) is 3.67. The van der Waals surface area contributed by atoms with Crippen LogP contribution in [0.4, 0.5) is 5.69 Å². The Morgan fingerprint density at radius 1 is 1.21 bits per heavy atom. The minimum absolute atomic E-state index is 0.621. The Balaban J connectivity index is 1.80. The Hall–Kier alpha value is -1.42. The molecule has 1 aromatic rings. The highest BCUT2D eigenvalue weighted by Crippen LogP contribution is 2.46. The topological polar surface area (TPSA) is 33.7 Å². The fourth-order valence-electron chi connectivity index (χ4n) is 3.67. The Kier molecular flexibility index (Phi) is 2.58. The molecule has 0 radical (unpaired) electrons. The van der Waals surface area contributed by atoms with E-state index >= 15 is 0 Å². The molecule has 1 N–H and O–H groups in total. The van der Waals surface area contributed by atoms with E-state index in [9.17, 15) is 0 Å². The number of fused-ring (bicyclic) bond motifs is 4. The average Bonchev–Trinajstić information content (AvgIpc) is 2.46. The van der Waals surface area contributed by atoms with Crippen LogP contribution in [0.5, 0.6) is 11.5 Å². The van der Waals surface area contributed by atoms with Gasteiger partial charge in [-0.2, -0.15) is 0 Å². The van der Waals surface area contributed by atoms with Crippen LogP contribution >= 0.6 is 0 Å². The molecule has 4 nitrogen and oxygen atoms in total. The minimum atomic E-state index is 0.621. The van der Waals surface area contributed by atoms with Gasteiger partial charge >= 0.3 is 0 Å². The van der Waals surface area contributed by atoms with Crippen LogP contribution in [0.1, 0.15) is 17.9 Å². The van der Waals surface area contributed by atoms with Gasteiger partial charge in [0.25, 0.3) is 0 Å². The third-order valence-electron chi connectivity index (χ3n) is 4.64. The number of benzene rings is 1. The summed E-state index contributed by atoms with van der Waals surface area (Å²) in [4.78, 5) is 2.38. The summed E-state index contributed by atoms with van der Waals surface area (Å²) < 4.78 is 11.4. The van der Waals surface area contributed by atoms with Crippen LogP contribution in [0.25, 0.3) is 0 Å². The van der Waals surface area contributed by atoms with Crippen molar-refractivity contribution in [2.75, 3.05) is 44.8 Å². The van der Waals surface area contributed by atoms with E-state index in [1.54, 1.807) is 0 Å². The van der Waals surface area contributed by atoms with Crippen molar-refractivity contribution in [3.63, 3.8) is 0 Å². The number of anilines is 1. The summed E-state index contributed by atoms with van der Waals surface area (Å²) in [6.07, 6.45) is 1.27. The molecule has 1 saturated heterocycles. The van der Waals surface area contributed by atoms with Gasteiger partial charge in [-0.25, -0.2) is 0 Å². The van der Waals surface area contributed by atoms with Crippen molar-refractivity contribution >= 4 is 5.69 Å². The van der Waals surface area contributed by atoms with Gasteiger partial charge in [0.05, 0.1) is 0 Å². The normalized spacial score (nSPS) is 28.6. The van der Waals surface area contributed by atoms with Gasteiger partial charge in [-0.05, 0) is 30.5 Å². The van der Waals surface area contributed by atoms with Gasteiger partial charge in [0.15, 0.2) is 11.5 Å². The first-order valence-electron chi connectivity index (χ1n) is 7.18. The van der Waals surface area contributed by atoms with E-state index in [-0.39, 0.29) is 0 Å². The second kappa shape index (κ2) is 4.30. The van der Waals surface area contributed by atoms with Crippen molar-refractivity contribution < 1.29 is 9.47 Å². The largest absolute Gasteiger partial charge is 0.486 e. The van der Waals surface area contributed by atoms with Crippen LogP contribution < -0.4 is 19.7 Å². The van der Waals surface area contributed by atoms with Crippen LogP contribution in [0.2, 0.25) is 0 Å². The molecule has 0 saturated carbocycles. The summed E-state index contributed by atoms with van der Waals surface area (Å²) in [5.74, 6) is 3.21. The molecule has 0 amide bonds. The van der Waals surface area contributed by atoms with Gasteiger partial charge in [0.1, 0.15) is 13.2 Å². The van der Waals surface area contributed by atoms with E-state index in [0.29, 0.717) is 19.1 Å². The first-order valence-corrected chi connectivity index (χ1v) is 7.18. The van der Waals surface area contributed by atoms with Crippen molar-refractivity contribution in [2.24, 2.45) is 5.92 Å². The van der Waals surface area contributed by atoms with Crippen LogP contribution in [0, 0.1) is 5.92 Å². The van der Waals surface area contributed by atoms with E-state index in [2.05, 4.69) is 29.4 Å². The van der Waals surface area contributed by atoms with Gasteiger partial charge in [0.2, 0.25) is 0 Å². The number of ether oxygens (including phenoxy) is 2. The average molecular weight is 260 g/mol.